The molecule has 0 fully saturated rings. The van der Waals surface area contributed by atoms with Crippen molar-refractivity contribution < 1.29 is 26.7 Å². The summed E-state index contributed by atoms with van der Waals surface area (Å²) in [4.78, 5) is 15.2. The lowest BCUT2D eigenvalue weighted by molar-refractivity contribution is 0.102. The van der Waals surface area contributed by atoms with E-state index in [0.29, 0.717) is 29.8 Å². The van der Waals surface area contributed by atoms with Crippen molar-refractivity contribution in [2.75, 3.05) is 16.6 Å². The molecule has 0 aliphatic carbocycles. The number of sulfonamides is 1. The van der Waals surface area contributed by atoms with Crippen molar-refractivity contribution in [2.45, 2.75) is 11.8 Å². The maximum atomic E-state index is 13.4. The van der Waals surface area contributed by atoms with Crippen molar-refractivity contribution in [1.29, 1.82) is 0 Å². The molecule has 0 radical (unpaired) electrons. The molecule has 170 valence electrons. The molecular weight excluding hydrogens is 452 g/mol. The predicted molar refractivity (Wildman–Crippen MR) is 121 cm³/mol. The Labute approximate surface area is 188 Å². The lowest BCUT2D eigenvalue weighted by Gasteiger charge is -2.10. The number of nitrogens with one attached hydrogen (secondary N) is 3. The highest BCUT2D eigenvalue weighted by Crippen LogP contribution is 2.23. The summed E-state index contributed by atoms with van der Waals surface area (Å²) in [6.07, 6.45) is 0. The number of H-pyrrole nitrogens is 1. The van der Waals surface area contributed by atoms with Gasteiger partial charge < -0.3 is 15.0 Å². The fraction of sp³-hybridized carbons (Fsp3) is 0.0870. The molecule has 4 aromatic rings. The molecule has 1 heterocycles. The number of amides is 1. The largest absolute Gasteiger partial charge is 0.494 e. The zero-order chi connectivity index (χ0) is 23.6. The third-order valence-electron chi connectivity index (χ3n) is 4.75. The molecule has 0 spiro atoms. The highest BCUT2D eigenvalue weighted by molar-refractivity contribution is 7.92. The topological polar surface area (TPSA) is 100 Å². The van der Waals surface area contributed by atoms with Crippen LogP contribution in [0, 0.1) is 11.6 Å². The van der Waals surface area contributed by atoms with Crippen LogP contribution in [0.4, 0.5) is 20.2 Å². The number of hydrogen-bond acceptors (Lipinski definition) is 4. The number of rotatable bonds is 7. The third-order valence-corrected chi connectivity index (χ3v) is 6.12. The molecule has 0 bridgehead atoms. The van der Waals surface area contributed by atoms with Crippen LogP contribution in [0.1, 0.15) is 17.4 Å². The standard InChI is InChI=1S/C23H19F2N3O4S/c1-2-32-17-8-3-14-11-22(27-21(14)12-17)23(29)26-15-4-6-16(7-5-15)28-33(30,31)18-9-10-19(24)20(25)13-18/h3-13,27-28H,2H2,1H3,(H,26,29). The Kier molecular flexibility index (Phi) is 6.01. The quantitative estimate of drug-likeness (QED) is 0.357. The van der Waals surface area contributed by atoms with E-state index in [1.165, 1.54) is 24.3 Å². The van der Waals surface area contributed by atoms with Gasteiger partial charge in [-0.15, -0.1) is 0 Å². The van der Waals surface area contributed by atoms with E-state index in [0.717, 1.165) is 23.0 Å². The van der Waals surface area contributed by atoms with Gasteiger partial charge in [0.15, 0.2) is 11.6 Å². The lowest BCUT2D eigenvalue weighted by atomic mass is 10.2. The van der Waals surface area contributed by atoms with Gasteiger partial charge in [0.25, 0.3) is 15.9 Å². The molecule has 0 saturated heterocycles. The third kappa shape index (κ3) is 4.96. The minimum atomic E-state index is -4.11. The second-order valence-electron chi connectivity index (χ2n) is 7.08. The van der Waals surface area contributed by atoms with E-state index < -0.39 is 26.6 Å². The Morgan fingerprint density at radius 1 is 0.939 bits per heavy atom. The minimum Gasteiger partial charge on any atom is -0.494 e. The Balaban J connectivity index is 1.45. The summed E-state index contributed by atoms with van der Waals surface area (Å²) >= 11 is 0. The van der Waals surface area contributed by atoms with Crippen LogP contribution in [0.2, 0.25) is 0 Å². The van der Waals surface area contributed by atoms with Crippen molar-refractivity contribution in [1.82, 2.24) is 4.98 Å². The predicted octanol–water partition coefficient (Wildman–Crippen LogP) is 4.90. The molecule has 3 N–H and O–H groups in total. The van der Waals surface area contributed by atoms with Gasteiger partial charge in [-0.25, -0.2) is 17.2 Å². The first-order valence-corrected chi connectivity index (χ1v) is 11.4. The van der Waals surface area contributed by atoms with Crippen molar-refractivity contribution >= 4 is 38.2 Å². The maximum Gasteiger partial charge on any atom is 0.272 e. The molecule has 4 rings (SSSR count). The molecule has 0 unspecified atom stereocenters. The first-order valence-electron chi connectivity index (χ1n) is 9.90. The zero-order valence-electron chi connectivity index (χ0n) is 17.4. The van der Waals surface area contributed by atoms with E-state index in [1.807, 2.05) is 25.1 Å². The number of ether oxygens (including phenoxy) is 1. The zero-order valence-corrected chi connectivity index (χ0v) is 18.2. The fourth-order valence-electron chi connectivity index (χ4n) is 3.16. The van der Waals surface area contributed by atoms with Crippen LogP contribution in [-0.2, 0) is 10.0 Å². The number of aromatic nitrogens is 1. The van der Waals surface area contributed by atoms with Crippen LogP contribution >= 0.6 is 0 Å². The normalized spacial score (nSPS) is 11.4. The molecule has 1 aromatic heterocycles. The number of anilines is 2. The second kappa shape index (κ2) is 8.91. The monoisotopic (exact) mass is 471 g/mol. The number of carbonyl (C=O) groups is 1. The summed E-state index contributed by atoms with van der Waals surface area (Å²) in [6, 6.07) is 15.4. The highest BCUT2D eigenvalue weighted by atomic mass is 32.2. The van der Waals surface area contributed by atoms with E-state index in [4.69, 9.17) is 4.74 Å². The second-order valence-corrected chi connectivity index (χ2v) is 8.76. The van der Waals surface area contributed by atoms with E-state index in [2.05, 4.69) is 15.0 Å². The van der Waals surface area contributed by atoms with Gasteiger partial charge in [0.05, 0.1) is 11.5 Å². The summed E-state index contributed by atoms with van der Waals surface area (Å²) in [7, 11) is -4.11. The van der Waals surface area contributed by atoms with Crippen LogP contribution in [0.5, 0.6) is 5.75 Å². The summed E-state index contributed by atoms with van der Waals surface area (Å²) in [5, 5.41) is 3.58. The number of benzene rings is 3. The van der Waals surface area contributed by atoms with E-state index >= 15 is 0 Å². The number of halogens is 2. The van der Waals surface area contributed by atoms with Gasteiger partial charge >= 0.3 is 0 Å². The molecule has 1 amide bonds. The van der Waals surface area contributed by atoms with Crippen LogP contribution in [0.3, 0.4) is 0 Å². The van der Waals surface area contributed by atoms with Crippen molar-refractivity contribution in [3.63, 3.8) is 0 Å². The first-order chi connectivity index (χ1) is 15.7. The van der Waals surface area contributed by atoms with Gasteiger partial charge in [0, 0.05) is 28.3 Å². The van der Waals surface area contributed by atoms with E-state index in [-0.39, 0.29) is 11.6 Å². The Morgan fingerprint density at radius 2 is 1.67 bits per heavy atom. The molecular formula is C23H19F2N3O4S. The van der Waals surface area contributed by atoms with Crippen LogP contribution < -0.4 is 14.8 Å². The van der Waals surface area contributed by atoms with Gasteiger partial charge in [-0.05, 0) is 67.6 Å². The van der Waals surface area contributed by atoms with Crippen molar-refractivity contribution in [2.24, 2.45) is 0 Å². The summed E-state index contributed by atoms with van der Waals surface area (Å²) in [5.74, 6) is -2.08. The molecule has 10 heteroatoms. The SMILES string of the molecule is CCOc1ccc2cc(C(=O)Nc3ccc(NS(=O)(=O)c4ccc(F)c(F)c4)cc3)[nH]c2c1. The molecule has 0 aliphatic rings. The molecule has 33 heavy (non-hydrogen) atoms. The van der Waals surface area contributed by atoms with Crippen molar-refractivity contribution in [3.05, 3.63) is 84.1 Å². The Hall–Kier alpha value is -3.92. The highest BCUT2D eigenvalue weighted by Gasteiger charge is 2.17. The minimum absolute atomic E-state index is 0.187. The number of carbonyl (C=O) groups excluding carboxylic acids is 1. The number of hydrogen-bond donors (Lipinski definition) is 3. The smallest absolute Gasteiger partial charge is 0.272 e. The van der Waals surface area contributed by atoms with Crippen LogP contribution in [-0.4, -0.2) is 25.9 Å². The van der Waals surface area contributed by atoms with Gasteiger partial charge in [-0.2, -0.15) is 0 Å². The Morgan fingerprint density at radius 3 is 2.36 bits per heavy atom. The fourth-order valence-corrected chi connectivity index (χ4v) is 4.23. The van der Waals surface area contributed by atoms with E-state index in [1.54, 1.807) is 6.07 Å². The average molecular weight is 471 g/mol. The van der Waals surface area contributed by atoms with Gasteiger partial charge in [0.1, 0.15) is 11.4 Å². The molecule has 0 saturated carbocycles. The van der Waals surface area contributed by atoms with E-state index in [9.17, 15) is 22.0 Å². The number of fused-ring (bicyclic) bond motifs is 1. The van der Waals surface area contributed by atoms with Crippen molar-refractivity contribution in [3.8, 4) is 5.75 Å². The summed E-state index contributed by atoms with van der Waals surface area (Å²) in [6.45, 7) is 2.42. The molecule has 0 atom stereocenters. The first kappa shape index (κ1) is 22.3. The van der Waals surface area contributed by atoms with Crippen LogP contribution in [0.25, 0.3) is 10.9 Å². The summed E-state index contributed by atoms with van der Waals surface area (Å²) < 4.78 is 58.9. The van der Waals surface area contributed by atoms with Gasteiger partial charge in [0.2, 0.25) is 0 Å². The van der Waals surface area contributed by atoms with Crippen LogP contribution in [0.15, 0.2) is 71.6 Å². The number of aromatic amines is 1. The Bertz CT molecular complexity index is 1430. The molecule has 3 aromatic carbocycles. The maximum absolute atomic E-state index is 13.4. The van der Waals surface area contributed by atoms with Gasteiger partial charge in [-0.3, -0.25) is 9.52 Å². The molecule has 0 aliphatic heterocycles. The average Bonchev–Trinajstić information content (AvgIpc) is 3.21. The summed E-state index contributed by atoms with van der Waals surface area (Å²) in [5.41, 5.74) is 1.73. The lowest BCUT2D eigenvalue weighted by Crippen LogP contribution is -2.14. The molecule has 7 nitrogen and oxygen atoms in total. The van der Waals surface area contributed by atoms with Gasteiger partial charge in [-0.1, -0.05) is 0 Å².